The van der Waals surface area contributed by atoms with Crippen LogP contribution in [0.2, 0.25) is 0 Å². The van der Waals surface area contributed by atoms with Crippen molar-refractivity contribution in [2.75, 3.05) is 31.6 Å². The molecule has 0 aliphatic carbocycles. The first kappa shape index (κ1) is 16.4. The second kappa shape index (κ2) is 7.24. The number of rotatable bonds is 7. The predicted octanol–water partition coefficient (Wildman–Crippen LogP) is 0.658. The van der Waals surface area contributed by atoms with Crippen molar-refractivity contribution in [1.82, 2.24) is 10.2 Å². The van der Waals surface area contributed by atoms with Gasteiger partial charge >= 0.3 is 0 Å². The highest BCUT2D eigenvalue weighted by molar-refractivity contribution is 7.91. The van der Waals surface area contributed by atoms with E-state index in [-0.39, 0.29) is 23.5 Å². The first-order valence-electron chi connectivity index (χ1n) is 7.02. The molecular weight excluding hydrogens is 264 g/mol. The molecule has 1 rings (SSSR count). The molecule has 1 saturated heterocycles. The zero-order valence-electron chi connectivity index (χ0n) is 12.2. The lowest BCUT2D eigenvalue weighted by Gasteiger charge is -2.25. The van der Waals surface area contributed by atoms with Gasteiger partial charge in [0.05, 0.1) is 5.75 Å². The molecule has 0 spiro atoms. The average molecular weight is 290 g/mol. The van der Waals surface area contributed by atoms with E-state index in [2.05, 4.69) is 5.32 Å². The Morgan fingerprint density at radius 1 is 1.47 bits per heavy atom. The zero-order valence-corrected chi connectivity index (χ0v) is 13.0. The quantitative estimate of drug-likeness (QED) is 0.748. The Bertz CT molecular complexity index is 389. The van der Waals surface area contributed by atoms with Crippen molar-refractivity contribution >= 4 is 15.7 Å². The molecule has 1 fully saturated rings. The van der Waals surface area contributed by atoms with Crippen molar-refractivity contribution in [1.29, 1.82) is 0 Å². The number of nitrogens with zero attached hydrogens (tertiary/aromatic N) is 1. The number of nitrogens with one attached hydrogen (secondary N) is 1. The first-order chi connectivity index (χ1) is 8.85. The van der Waals surface area contributed by atoms with Gasteiger partial charge in [-0.05, 0) is 38.8 Å². The van der Waals surface area contributed by atoms with Crippen LogP contribution in [-0.4, -0.2) is 56.9 Å². The molecule has 0 aromatic heterocycles. The number of hydrogen-bond acceptors (Lipinski definition) is 4. The van der Waals surface area contributed by atoms with E-state index in [1.54, 1.807) is 25.8 Å². The summed E-state index contributed by atoms with van der Waals surface area (Å²) in [6, 6.07) is -0.251. The standard InChI is InChI=1S/C13H26N2O3S/c1-4-19(17,18)10-11(2)15(3)13(16)6-5-12-7-8-14-9-12/h11-12,14H,4-10H2,1-3H3. The van der Waals surface area contributed by atoms with Gasteiger partial charge in [-0.3, -0.25) is 4.79 Å². The average Bonchev–Trinajstić information content (AvgIpc) is 2.87. The van der Waals surface area contributed by atoms with Crippen molar-refractivity contribution in [2.24, 2.45) is 5.92 Å². The summed E-state index contributed by atoms with van der Waals surface area (Å²) in [6.45, 7) is 5.47. The van der Waals surface area contributed by atoms with E-state index in [9.17, 15) is 13.2 Å². The van der Waals surface area contributed by atoms with E-state index in [4.69, 9.17) is 0 Å². The molecular formula is C13H26N2O3S. The predicted molar refractivity (Wildman–Crippen MR) is 76.8 cm³/mol. The summed E-state index contributed by atoms with van der Waals surface area (Å²) in [4.78, 5) is 13.6. The molecule has 1 amide bonds. The normalized spacial score (nSPS) is 21.3. The van der Waals surface area contributed by atoms with E-state index >= 15 is 0 Å². The van der Waals surface area contributed by atoms with Gasteiger partial charge in [0.1, 0.15) is 0 Å². The van der Waals surface area contributed by atoms with Crippen molar-refractivity contribution in [3.63, 3.8) is 0 Å². The maximum atomic E-state index is 12.0. The van der Waals surface area contributed by atoms with Crippen LogP contribution in [0.5, 0.6) is 0 Å². The van der Waals surface area contributed by atoms with Crippen molar-refractivity contribution < 1.29 is 13.2 Å². The summed E-state index contributed by atoms with van der Waals surface area (Å²) < 4.78 is 23.1. The van der Waals surface area contributed by atoms with Gasteiger partial charge in [-0.2, -0.15) is 0 Å². The van der Waals surface area contributed by atoms with Gasteiger partial charge in [0.2, 0.25) is 5.91 Å². The number of carbonyl (C=O) groups excluding carboxylic acids is 1. The van der Waals surface area contributed by atoms with Crippen LogP contribution in [0.4, 0.5) is 0 Å². The maximum absolute atomic E-state index is 12.0. The number of amides is 1. The topological polar surface area (TPSA) is 66.5 Å². The number of carbonyl (C=O) groups is 1. The third kappa shape index (κ3) is 5.48. The smallest absolute Gasteiger partial charge is 0.222 e. The molecule has 0 aromatic rings. The lowest BCUT2D eigenvalue weighted by atomic mass is 10.0. The summed E-state index contributed by atoms with van der Waals surface area (Å²) >= 11 is 0. The molecule has 0 saturated carbocycles. The monoisotopic (exact) mass is 290 g/mol. The Labute approximate surface area is 116 Å². The van der Waals surface area contributed by atoms with Crippen LogP contribution in [0, 0.1) is 5.92 Å². The Morgan fingerprint density at radius 2 is 2.16 bits per heavy atom. The van der Waals surface area contributed by atoms with Crippen LogP contribution >= 0.6 is 0 Å². The Balaban J connectivity index is 2.38. The minimum Gasteiger partial charge on any atom is -0.342 e. The summed E-state index contributed by atoms with van der Waals surface area (Å²) in [5.74, 6) is 0.821. The molecule has 0 radical (unpaired) electrons. The Kier molecular flexibility index (Phi) is 6.26. The molecule has 0 aromatic carbocycles. The van der Waals surface area contributed by atoms with Gasteiger partial charge in [-0.1, -0.05) is 6.92 Å². The summed E-state index contributed by atoms with van der Waals surface area (Å²) in [6.07, 6.45) is 2.54. The van der Waals surface area contributed by atoms with Crippen LogP contribution < -0.4 is 5.32 Å². The molecule has 5 nitrogen and oxygen atoms in total. The molecule has 19 heavy (non-hydrogen) atoms. The fraction of sp³-hybridized carbons (Fsp3) is 0.923. The van der Waals surface area contributed by atoms with Crippen molar-refractivity contribution in [2.45, 2.75) is 39.2 Å². The highest BCUT2D eigenvalue weighted by atomic mass is 32.2. The van der Waals surface area contributed by atoms with E-state index in [0.717, 1.165) is 25.9 Å². The zero-order chi connectivity index (χ0) is 14.5. The summed E-state index contributed by atoms with van der Waals surface area (Å²) in [5, 5.41) is 3.28. The lowest BCUT2D eigenvalue weighted by molar-refractivity contribution is -0.131. The lowest BCUT2D eigenvalue weighted by Crippen LogP contribution is -2.39. The van der Waals surface area contributed by atoms with Gasteiger partial charge in [-0.25, -0.2) is 8.42 Å². The highest BCUT2D eigenvalue weighted by Crippen LogP contribution is 2.15. The second-order valence-corrected chi connectivity index (χ2v) is 7.85. The molecule has 2 atom stereocenters. The largest absolute Gasteiger partial charge is 0.342 e. The van der Waals surface area contributed by atoms with E-state index in [1.807, 2.05) is 0 Å². The Hall–Kier alpha value is -0.620. The van der Waals surface area contributed by atoms with Crippen molar-refractivity contribution in [3.05, 3.63) is 0 Å². The van der Waals surface area contributed by atoms with Crippen LogP contribution in [-0.2, 0) is 14.6 Å². The van der Waals surface area contributed by atoms with E-state index in [1.165, 1.54) is 0 Å². The van der Waals surface area contributed by atoms with Gasteiger partial charge in [-0.15, -0.1) is 0 Å². The summed E-state index contributed by atoms with van der Waals surface area (Å²) in [5.41, 5.74) is 0. The van der Waals surface area contributed by atoms with Gasteiger partial charge < -0.3 is 10.2 Å². The molecule has 6 heteroatoms. The molecule has 112 valence electrons. The first-order valence-corrected chi connectivity index (χ1v) is 8.84. The third-order valence-electron chi connectivity index (χ3n) is 3.92. The fourth-order valence-corrected chi connectivity index (χ4v) is 3.50. The van der Waals surface area contributed by atoms with Crippen LogP contribution in [0.15, 0.2) is 0 Å². The molecule has 0 bridgehead atoms. The van der Waals surface area contributed by atoms with Gasteiger partial charge in [0.25, 0.3) is 0 Å². The maximum Gasteiger partial charge on any atom is 0.222 e. The van der Waals surface area contributed by atoms with E-state index in [0.29, 0.717) is 12.3 Å². The molecule has 1 aliphatic rings. The van der Waals surface area contributed by atoms with Crippen molar-refractivity contribution in [3.8, 4) is 0 Å². The molecule has 2 unspecified atom stereocenters. The molecule has 1 N–H and O–H groups in total. The van der Waals surface area contributed by atoms with E-state index < -0.39 is 9.84 Å². The minimum absolute atomic E-state index is 0.0469. The fourth-order valence-electron chi connectivity index (χ4n) is 2.31. The molecule has 1 heterocycles. The van der Waals surface area contributed by atoms with Gasteiger partial charge in [0.15, 0.2) is 9.84 Å². The third-order valence-corrected chi connectivity index (χ3v) is 5.79. The van der Waals surface area contributed by atoms with Crippen LogP contribution in [0.25, 0.3) is 0 Å². The van der Waals surface area contributed by atoms with Crippen LogP contribution in [0.3, 0.4) is 0 Å². The van der Waals surface area contributed by atoms with Gasteiger partial charge in [0, 0.05) is 25.3 Å². The Morgan fingerprint density at radius 3 is 2.68 bits per heavy atom. The SMILES string of the molecule is CCS(=O)(=O)CC(C)N(C)C(=O)CCC1CCNC1. The van der Waals surface area contributed by atoms with Crippen LogP contribution in [0.1, 0.15) is 33.1 Å². The minimum atomic E-state index is -3.03. The number of sulfone groups is 1. The number of hydrogen-bond donors (Lipinski definition) is 1. The molecule has 1 aliphatic heterocycles. The summed E-state index contributed by atoms with van der Waals surface area (Å²) in [7, 11) is -1.33. The second-order valence-electron chi connectivity index (χ2n) is 5.45. The highest BCUT2D eigenvalue weighted by Gasteiger charge is 2.22.